The number of esters is 1. The van der Waals surface area contributed by atoms with E-state index in [-0.39, 0.29) is 24.1 Å². The molecule has 9 heteroatoms. The van der Waals surface area contributed by atoms with Crippen molar-refractivity contribution in [2.75, 3.05) is 37.7 Å². The molecule has 0 bridgehead atoms. The number of anilines is 1. The van der Waals surface area contributed by atoms with Crippen molar-refractivity contribution in [1.82, 2.24) is 14.9 Å². The predicted octanol–water partition coefficient (Wildman–Crippen LogP) is 4.98. The number of aromatic nitrogens is 2. The highest BCUT2D eigenvalue weighted by Crippen LogP contribution is 2.29. The summed E-state index contributed by atoms with van der Waals surface area (Å²) in [5, 5.41) is 0.716. The zero-order valence-electron chi connectivity index (χ0n) is 18.9. The molecule has 174 valence electrons. The van der Waals surface area contributed by atoms with Gasteiger partial charge in [-0.1, -0.05) is 49.9 Å². The molecule has 1 fully saturated rings. The molecule has 1 aromatic heterocycles. The van der Waals surface area contributed by atoms with E-state index in [1.807, 2.05) is 9.80 Å². The largest absolute Gasteiger partial charge is 0.461 e. The summed E-state index contributed by atoms with van der Waals surface area (Å²) in [5.74, 6) is 0.202. The Kier molecular flexibility index (Phi) is 8.54. The van der Waals surface area contributed by atoms with Crippen LogP contribution in [0.15, 0.2) is 12.1 Å². The zero-order valence-corrected chi connectivity index (χ0v) is 20.4. The fourth-order valence-corrected chi connectivity index (χ4v) is 4.26. The molecule has 1 aliphatic rings. The number of piperazine rings is 1. The van der Waals surface area contributed by atoms with Gasteiger partial charge in [0.2, 0.25) is 5.91 Å². The minimum Gasteiger partial charge on any atom is -0.461 e. The number of amides is 1. The van der Waals surface area contributed by atoms with Crippen molar-refractivity contribution < 1.29 is 14.3 Å². The van der Waals surface area contributed by atoms with Crippen molar-refractivity contribution in [2.45, 2.75) is 46.5 Å². The second kappa shape index (κ2) is 11.1. The van der Waals surface area contributed by atoms with Crippen molar-refractivity contribution in [3.05, 3.63) is 27.9 Å². The van der Waals surface area contributed by atoms with Gasteiger partial charge in [0.05, 0.1) is 27.7 Å². The Hall–Kier alpha value is -2.12. The molecule has 1 aliphatic heterocycles. The highest BCUT2D eigenvalue weighted by atomic mass is 35.5. The molecule has 2 aromatic rings. The summed E-state index contributed by atoms with van der Waals surface area (Å²) in [4.78, 5) is 38.7. The minimum atomic E-state index is -0.535. The van der Waals surface area contributed by atoms with Crippen molar-refractivity contribution in [2.24, 2.45) is 5.92 Å². The third-order valence-corrected chi connectivity index (χ3v) is 6.52. The van der Waals surface area contributed by atoms with Crippen molar-refractivity contribution in [3.63, 3.8) is 0 Å². The number of halogens is 2. The fourth-order valence-electron chi connectivity index (χ4n) is 3.95. The first-order valence-corrected chi connectivity index (χ1v) is 12.0. The zero-order chi connectivity index (χ0) is 23.3. The van der Waals surface area contributed by atoms with Gasteiger partial charge in [-0.3, -0.25) is 4.79 Å². The summed E-state index contributed by atoms with van der Waals surface area (Å²) < 4.78 is 5.21. The van der Waals surface area contributed by atoms with Crippen LogP contribution in [0.3, 0.4) is 0 Å². The third-order valence-electron chi connectivity index (χ3n) is 5.80. The van der Waals surface area contributed by atoms with Gasteiger partial charge >= 0.3 is 5.97 Å². The van der Waals surface area contributed by atoms with E-state index in [1.54, 1.807) is 19.1 Å². The average molecular weight is 481 g/mol. The molecule has 1 saturated heterocycles. The van der Waals surface area contributed by atoms with E-state index in [4.69, 9.17) is 27.9 Å². The Morgan fingerprint density at radius 1 is 1.03 bits per heavy atom. The van der Waals surface area contributed by atoms with Gasteiger partial charge in [-0.15, -0.1) is 0 Å². The summed E-state index contributed by atoms with van der Waals surface area (Å²) in [7, 11) is 0. The number of unbranched alkanes of at least 4 members (excludes halogenated alkanes) is 1. The Morgan fingerprint density at radius 3 is 2.22 bits per heavy atom. The molecule has 0 spiro atoms. The summed E-state index contributed by atoms with van der Waals surface area (Å²) >= 11 is 12.3. The van der Waals surface area contributed by atoms with Gasteiger partial charge in [-0.05, 0) is 31.9 Å². The first-order valence-electron chi connectivity index (χ1n) is 11.3. The van der Waals surface area contributed by atoms with E-state index < -0.39 is 5.97 Å². The number of hydrogen-bond acceptors (Lipinski definition) is 6. The van der Waals surface area contributed by atoms with Gasteiger partial charge in [0, 0.05) is 32.1 Å². The number of benzene rings is 1. The smallest absolute Gasteiger partial charge is 0.360 e. The highest BCUT2D eigenvalue weighted by Gasteiger charge is 2.29. The Labute approximate surface area is 199 Å². The van der Waals surface area contributed by atoms with E-state index in [9.17, 15) is 9.59 Å². The van der Waals surface area contributed by atoms with Crippen LogP contribution >= 0.6 is 23.2 Å². The van der Waals surface area contributed by atoms with Gasteiger partial charge in [-0.2, -0.15) is 0 Å². The SMILES string of the molecule is CCCC[C@@H](CC)C(=O)N1CCN(c2nc3cc(Cl)c(Cl)cc3nc2C(=O)OCC)CC1. The van der Waals surface area contributed by atoms with E-state index in [0.717, 1.165) is 25.7 Å². The van der Waals surface area contributed by atoms with Crippen molar-refractivity contribution >= 4 is 51.9 Å². The van der Waals surface area contributed by atoms with Crippen LogP contribution in [0.4, 0.5) is 5.82 Å². The van der Waals surface area contributed by atoms with E-state index in [0.29, 0.717) is 53.1 Å². The van der Waals surface area contributed by atoms with Gasteiger partial charge in [0.25, 0.3) is 0 Å². The number of carbonyl (C=O) groups is 2. The molecule has 0 unspecified atom stereocenters. The maximum absolute atomic E-state index is 13.0. The summed E-state index contributed by atoms with van der Waals surface area (Å²) in [6.45, 7) is 8.46. The molecule has 3 rings (SSSR count). The second-order valence-electron chi connectivity index (χ2n) is 7.93. The number of fused-ring (bicyclic) bond motifs is 1. The molecule has 0 saturated carbocycles. The lowest BCUT2D eigenvalue weighted by molar-refractivity contribution is -0.136. The molecule has 2 heterocycles. The van der Waals surface area contributed by atoms with Crippen LogP contribution in [0.25, 0.3) is 11.0 Å². The Balaban J connectivity index is 1.84. The predicted molar refractivity (Wildman–Crippen MR) is 128 cm³/mol. The highest BCUT2D eigenvalue weighted by molar-refractivity contribution is 6.42. The summed E-state index contributed by atoms with van der Waals surface area (Å²) in [6.07, 6.45) is 3.93. The van der Waals surface area contributed by atoms with E-state index >= 15 is 0 Å². The number of nitrogens with zero attached hydrogens (tertiary/aromatic N) is 4. The Morgan fingerprint density at radius 2 is 1.66 bits per heavy atom. The molecule has 1 atom stereocenters. The topological polar surface area (TPSA) is 75.6 Å². The first-order chi connectivity index (χ1) is 15.4. The first kappa shape index (κ1) is 24.5. The molecule has 0 aliphatic carbocycles. The monoisotopic (exact) mass is 480 g/mol. The maximum atomic E-state index is 13.0. The number of rotatable bonds is 8. The average Bonchev–Trinajstić information content (AvgIpc) is 2.79. The molecular formula is C23H30Cl2N4O3. The molecule has 1 amide bonds. The molecular weight excluding hydrogens is 451 g/mol. The number of carbonyl (C=O) groups excluding carboxylic acids is 2. The van der Waals surface area contributed by atoms with Crippen molar-refractivity contribution in [3.8, 4) is 0 Å². The van der Waals surface area contributed by atoms with Crippen LogP contribution in [0.2, 0.25) is 10.0 Å². The summed E-state index contributed by atoms with van der Waals surface area (Å²) in [6, 6.07) is 3.24. The lowest BCUT2D eigenvalue weighted by Gasteiger charge is -2.37. The van der Waals surface area contributed by atoms with Crippen LogP contribution in [-0.4, -0.2) is 59.5 Å². The Bertz CT molecular complexity index is 977. The van der Waals surface area contributed by atoms with Gasteiger partial charge in [-0.25, -0.2) is 14.8 Å². The minimum absolute atomic E-state index is 0.0731. The normalized spacial score (nSPS) is 15.2. The van der Waals surface area contributed by atoms with Crippen LogP contribution in [0.5, 0.6) is 0 Å². The molecule has 0 N–H and O–H groups in total. The van der Waals surface area contributed by atoms with Crippen molar-refractivity contribution in [1.29, 1.82) is 0 Å². The van der Waals surface area contributed by atoms with E-state index in [2.05, 4.69) is 23.8 Å². The van der Waals surface area contributed by atoms with Crippen LogP contribution in [0.1, 0.15) is 56.9 Å². The third kappa shape index (κ3) is 5.44. The van der Waals surface area contributed by atoms with Crippen LogP contribution in [0, 0.1) is 5.92 Å². The molecule has 7 nitrogen and oxygen atoms in total. The van der Waals surface area contributed by atoms with Gasteiger partial charge in [0.15, 0.2) is 11.5 Å². The van der Waals surface area contributed by atoms with Gasteiger partial charge < -0.3 is 14.5 Å². The lowest BCUT2D eigenvalue weighted by Crippen LogP contribution is -2.51. The number of ether oxygens (including phenoxy) is 1. The van der Waals surface area contributed by atoms with E-state index in [1.165, 1.54) is 0 Å². The molecule has 32 heavy (non-hydrogen) atoms. The van der Waals surface area contributed by atoms with Gasteiger partial charge in [0.1, 0.15) is 0 Å². The summed E-state index contributed by atoms with van der Waals surface area (Å²) in [5.41, 5.74) is 1.17. The van der Waals surface area contributed by atoms with Crippen LogP contribution in [-0.2, 0) is 9.53 Å². The lowest BCUT2D eigenvalue weighted by atomic mass is 9.97. The maximum Gasteiger partial charge on any atom is 0.360 e. The second-order valence-corrected chi connectivity index (χ2v) is 8.75. The standard InChI is InChI=1S/C23H30Cl2N4O3/c1-4-7-8-15(5-2)22(30)29-11-9-28(10-12-29)21-20(23(31)32-6-3)26-18-13-16(24)17(25)14-19(18)27-21/h13-15H,4-12H2,1-3H3/t15-/m1/s1. The quantitative estimate of drug-likeness (QED) is 0.495. The molecule has 0 radical (unpaired) electrons. The van der Waals surface area contributed by atoms with Crippen LogP contribution < -0.4 is 4.90 Å². The number of hydrogen-bond donors (Lipinski definition) is 0. The fraction of sp³-hybridized carbons (Fsp3) is 0.565. The molecule has 1 aromatic carbocycles.